The molecule has 136 valence electrons. The molecule has 2 rings (SSSR count). The molecule has 2 N–H and O–H groups in total. The molecule has 0 unspecified atom stereocenters. The Hall–Kier alpha value is -2.44. The van der Waals surface area contributed by atoms with E-state index in [-0.39, 0.29) is 23.8 Å². The van der Waals surface area contributed by atoms with Crippen molar-refractivity contribution in [1.82, 2.24) is 15.5 Å². The quantitative estimate of drug-likeness (QED) is 0.841. The van der Waals surface area contributed by atoms with Crippen LogP contribution in [0, 0.1) is 11.7 Å². The molecule has 25 heavy (non-hydrogen) atoms. The Kier molecular flexibility index (Phi) is 6.12. The molecule has 7 heteroatoms. The van der Waals surface area contributed by atoms with Crippen LogP contribution in [0.15, 0.2) is 24.3 Å². The van der Waals surface area contributed by atoms with Crippen LogP contribution in [-0.4, -0.2) is 48.3 Å². The average molecular weight is 349 g/mol. The van der Waals surface area contributed by atoms with Gasteiger partial charge in [0.05, 0.1) is 0 Å². The summed E-state index contributed by atoms with van der Waals surface area (Å²) in [6.45, 7) is 4.14. The van der Waals surface area contributed by atoms with E-state index in [1.165, 1.54) is 24.3 Å². The van der Waals surface area contributed by atoms with Crippen molar-refractivity contribution in [3.8, 4) is 0 Å². The second-order valence-corrected chi connectivity index (χ2v) is 6.72. The highest BCUT2D eigenvalue weighted by Crippen LogP contribution is 2.12. The number of halogens is 1. The molecule has 0 saturated carbocycles. The standard InChI is InChI=1S/C18H24FN3O3/c1-11(2)16(21-17(24)12-4-6-13(19)7-5-12)18(25)20-14-8-9-15(23)22(3)10-14/h4-7,11,14,16H,8-10H2,1-3H3,(H,20,25)(H,21,24)/t14-,16+/m0/s1. The predicted molar refractivity (Wildman–Crippen MR) is 91.3 cm³/mol. The van der Waals surface area contributed by atoms with Crippen molar-refractivity contribution in [2.45, 2.75) is 38.8 Å². The SMILES string of the molecule is CC(C)[C@@H](NC(=O)c1ccc(F)cc1)C(=O)N[C@H]1CCC(=O)N(C)C1. The first-order valence-corrected chi connectivity index (χ1v) is 8.38. The van der Waals surface area contributed by atoms with Crippen LogP contribution in [0.2, 0.25) is 0 Å². The van der Waals surface area contributed by atoms with Crippen molar-refractivity contribution in [3.05, 3.63) is 35.6 Å². The van der Waals surface area contributed by atoms with E-state index in [1.54, 1.807) is 11.9 Å². The number of hydrogen-bond donors (Lipinski definition) is 2. The molecule has 0 aromatic heterocycles. The molecular formula is C18H24FN3O3. The number of likely N-dealkylation sites (N-methyl/N-ethyl adjacent to an activating group) is 1. The maximum Gasteiger partial charge on any atom is 0.251 e. The van der Waals surface area contributed by atoms with Gasteiger partial charge in [-0.05, 0) is 36.6 Å². The van der Waals surface area contributed by atoms with Crippen LogP contribution >= 0.6 is 0 Å². The van der Waals surface area contributed by atoms with E-state index in [0.29, 0.717) is 24.9 Å². The van der Waals surface area contributed by atoms with E-state index in [2.05, 4.69) is 10.6 Å². The molecular weight excluding hydrogens is 325 g/mol. The molecule has 2 atom stereocenters. The highest BCUT2D eigenvalue weighted by molar-refractivity contribution is 5.97. The number of nitrogens with zero attached hydrogens (tertiary/aromatic N) is 1. The lowest BCUT2D eigenvalue weighted by Gasteiger charge is -2.32. The Bertz CT molecular complexity index is 645. The minimum Gasteiger partial charge on any atom is -0.350 e. The van der Waals surface area contributed by atoms with Gasteiger partial charge in [-0.1, -0.05) is 13.8 Å². The van der Waals surface area contributed by atoms with Crippen LogP contribution in [0.4, 0.5) is 4.39 Å². The van der Waals surface area contributed by atoms with Crippen LogP contribution in [0.5, 0.6) is 0 Å². The highest BCUT2D eigenvalue weighted by atomic mass is 19.1. The fourth-order valence-electron chi connectivity index (χ4n) is 2.78. The topological polar surface area (TPSA) is 78.5 Å². The second-order valence-electron chi connectivity index (χ2n) is 6.72. The normalized spacial score (nSPS) is 18.8. The van der Waals surface area contributed by atoms with Crippen molar-refractivity contribution in [2.75, 3.05) is 13.6 Å². The fraction of sp³-hybridized carbons (Fsp3) is 0.500. The van der Waals surface area contributed by atoms with Gasteiger partial charge < -0.3 is 15.5 Å². The molecule has 1 aliphatic heterocycles. The number of likely N-dealkylation sites (tertiary alicyclic amines) is 1. The Morgan fingerprint density at radius 2 is 1.88 bits per heavy atom. The third-order valence-corrected chi connectivity index (χ3v) is 4.32. The number of carbonyl (C=O) groups excluding carboxylic acids is 3. The Morgan fingerprint density at radius 3 is 2.44 bits per heavy atom. The lowest BCUT2D eigenvalue weighted by molar-refractivity contribution is -0.134. The fourth-order valence-corrected chi connectivity index (χ4v) is 2.78. The van der Waals surface area contributed by atoms with Gasteiger partial charge in [0, 0.05) is 31.6 Å². The number of hydrogen-bond acceptors (Lipinski definition) is 3. The van der Waals surface area contributed by atoms with E-state index in [1.807, 2.05) is 13.8 Å². The van der Waals surface area contributed by atoms with Gasteiger partial charge in [0.1, 0.15) is 11.9 Å². The molecule has 1 saturated heterocycles. The van der Waals surface area contributed by atoms with Gasteiger partial charge in [-0.2, -0.15) is 0 Å². The summed E-state index contributed by atoms with van der Waals surface area (Å²) in [5.74, 6) is -1.18. The first kappa shape index (κ1) is 18.9. The first-order chi connectivity index (χ1) is 11.8. The molecule has 0 bridgehead atoms. The predicted octanol–water partition coefficient (Wildman–Crippen LogP) is 1.32. The molecule has 1 aromatic carbocycles. The van der Waals surface area contributed by atoms with Crippen molar-refractivity contribution >= 4 is 17.7 Å². The summed E-state index contributed by atoms with van der Waals surface area (Å²) in [5.41, 5.74) is 0.294. The number of nitrogens with one attached hydrogen (secondary N) is 2. The number of carbonyl (C=O) groups is 3. The summed E-state index contributed by atoms with van der Waals surface area (Å²) in [5, 5.41) is 5.62. The van der Waals surface area contributed by atoms with Crippen molar-refractivity contribution in [1.29, 1.82) is 0 Å². The Labute approximate surface area is 146 Å². The van der Waals surface area contributed by atoms with E-state index >= 15 is 0 Å². The van der Waals surface area contributed by atoms with Gasteiger partial charge in [0.2, 0.25) is 11.8 Å². The lowest BCUT2D eigenvalue weighted by atomic mass is 10.0. The van der Waals surface area contributed by atoms with Gasteiger partial charge in [-0.15, -0.1) is 0 Å². The van der Waals surface area contributed by atoms with Crippen LogP contribution in [0.25, 0.3) is 0 Å². The van der Waals surface area contributed by atoms with Crippen LogP contribution in [-0.2, 0) is 9.59 Å². The maximum atomic E-state index is 13.0. The Morgan fingerprint density at radius 1 is 1.24 bits per heavy atom. The average Bonchev–Trinajstić information content (AvgIpc) is 2.56. The Balaban J connectivity index is 1.99. The maximum absolute atomic E-state index is 13.0. The van der Waals surface area contributed by atoms with E-state index in [4.69, 9.17) is 0 Å². The lowest BCUT2D eigenvalue weighted by Crippen LogP contribution is -2.55. The summed E-state index contributed by atoms with van der Waals surface area (Å²) in [6, 6.07) is 4.32. The molecule has 6 nitrogen and oxygen atoms in total. The zero-order valence-corrected chi connectivity index (χ0v) is 14.7. The van der Waals surface area contributed by atoms with Crippen LogP contribution < -0.4 is 10.6 Å². The second kappa shape index (κ2) is 8.09. The minimum absolute atomic E-state index is 0.0653. The molecule has 1 heterocycles. The summed E-state index contributed by atoms with van der Waals surface area (Å²) < 4.78 is 13.0. The van der Waals surface area contributed by atoms with E-state index in [9.17, 15) is 18.8 Å². The third-order valence-electron chi connectivity index (χ3n) is 4.32. The number of piperidine rings is 1. The largest absolute Gasteiger partial charge is 0.350 e. The van der Waals surface area contributed by atoms with Crippen molar-refractivity contribution in [3.63, 3.8) is 0 Å². The van der Waals surface area contributed by atoms with Crippen molar-refractivity contribution in [2.24, 2.45) is 5.92 Å². The molecule has 0 radical (unpaired) electrons. The number of benzene rings is 1. The summed E-state index contributed by atoms with van der Waals surface area (Å²) >= 11 is 0. The van der Waals surface area contributed by atoms with Gasteiger partial charge in [0.15, 0.2) is 0 Å². The highest BCUT2D eigenvalue weighted by Gasteiger charge is 2.29. The van der Waals surface area contributed by atoms with Gasteiger partial charge in [0.25, 0.3) is 5.91 Å². The molecule has 0 aliphatic carbocycles. The van der Waals surface area contributed by atoms with Gasteiger partial charge in [-0.3, -0.25) is 14.4 Å². The summed E-state index contributed by atoms with van der Waals surface area (Å²) in [7, 11) is 1.71. The van der Waals surface area contributed by atoms with Crippen LogP contribution in [0.1, 0.15) is 37.0 Å². The molecule has 1 aliphatic rings. The van der Waals surface area contributed by atoms with Crippen molar-refractivity contribution < 1.29 is 18.8 Å². The number of amides is 3. The summed E-state index contributed by atoms with van der Waals surface area (Å²) in [4.78, 5) is 38.0. The molecule has 1 aromatic rings. The monoisotopic (exact) mass is 349 g/mol. The zero-order valence-electron chi connectivity index (χ0n) is 14.7. The van der Waals surface area contributed by atoms with Crippen LogP contribution in [0.3, 0.4) is 0 Å². The van der Waals surface area contributed by atoms with Gasteiger partial charge >= 0.3 is 0 Å². The van der Waals surface area contributed by atoms with E-state index < -0.39 is 17.8 Å². The number of rotatable bonds is 5. The van der Waals surface area contributed by atoms with Gasteiger partial charge in [-0.25, -0.2) is 4.39 Å². The summed E-state index contributed by atoms with van der Waals surface area (Å²) in [6.07, 6.45) is 0.987. The first-order valence-electron chi connectivity index (χ1n) is 8.38. The van der Waals surface area contributed by atoms with E-state index in [0.717, 1.165) is 0 Å². The molecule has 1 fully saturated rings. The zero-order chi connectivity index (χ0) is 18.6. The molecule has 0 spiro atoms. The third kappa shape index (κ3) is 5.01. The smallest absolute Gasteiger partial charge is 0.251 e. The molecule has 3 amide bonds. The minimum atomic E-state index is -0.708.